The Hall–Kier alpha value is -4.77. The fraction of sp³-hybridized carbons (Fsp3) is 0. The van der Waals surface area contributed by atoms with Crippen LogP contribution < -0.4 is 0 Å². The Morgan fingerprint density at radius 2 is 1.41 bits per heavy atom. The molecular formula is C29H17N5. The number of fused-ring (bicyclic) bond motifs is 12. The summed E-state index contributed by atoms with van der Waals surface area (Å²) < 4.78 is 4.53. The van der Waals surface area contributed by atoms with Crippen LogP contribution in [0.25, 0.3) is 66.0 Å². The summed E-state index contributed by atoms with van der Waals surface area (Å²) in [5, 5.41) is 5.80. The Kier molecular flexibility index (Phi) is 3.34. The minimum absolute atomic E-state index is 0.891. The van der Waals surface area contributed by atoms with Gasteiger partial charge in [0.25, 0.3) is 0 Å². The Balaban J connectivity index is 1.76. The van der Waals surface area contributed by atoms with Gasteiger partial charge in [-0.2, -0.15) is 0 Å². The van der Waals surface area contributed by atoms with Crippen molar-refractivity contribution in [3.05, 3.63) is 104 Å². The summed E-state index contributed by atoms with van der Waals surface area (Å²) in [6.07, 6.45) is 5.51. The van der Waals surface area contributed by atoms with Crippen LogP contribution in [-0.4, -0.2) is 23.9 Å². The lowest BCUT2D eigenvalue weighted by molar-refractivity contribution is 1.18. The highest BCUT2D eigenvalue weighted by Crippen LogP contribution is 2.40. The Morgan fingerprint density at radius 3 is 2.35 bits per heavy atom. The molecule has 0 N–H and O–H groups in total. The van der Waals surface area contributed by atoms with Gasteiger partial charge in [0.15, 0.2) is 0 Å². The first-order chi connectivity index (χ1) is 16.9. The van der Waals surface area contributed by atoms with Crippen molar-refractivity contribution < 1.29 is 0 Å². The lowest BCUT2D eigenvalue weighted by atomic mass is 10.0. The summed E-state index contributed by atoms with van der Waals surface area (Å²) in [5.74, 6) is 0. The summed E-state index contributed by atoms with van der Waals surface area (Å²) >= 11 is 0. The largest absolute Gasteiger partial charge is 0.308 e. The van der Waals surface area contributed by atoms with Crippen LogP contribution in [0.1, 0.15) is 0 Å². The third kappa shape index (κ3) is 2.16. The molecule has 0 bridgehead atoms. The SMILES string of the molecule is c1ccc(-n2c3ccccc3c3ccc4c5cccnc5n5c6cnccc6nc5c4c32)cc1. The van der Waals surface area contributed by atoms with E-state index in [1.54, 1.807) is 6.20 Å². The summed E-state index contributed by atoms with van der Waals surface area (Å²) in [6, 6.07) is 29.8. The summed E-state index contributed by atoms with van der Waals surface area (Å²) in [5.41, 5.74) is 7.12. The van der Waals surface area contributed by atoms with Crippen LogP contribution in [-0.2, 0) is 0 Å². The molecule has 158 valence electrons. The molecule has 0 unspecified atom stereocenters. The second-order valence-electron chi connectivity index (χ2n) is 8.58. The number of imidazole rings is 1. The van der Waals surface area contributed by atoms with Gasteiger partial charge in [0.2, 0.25) is 0 Å². The van der Waals surface area contributed by atoms with Crippen molar-refractivity contribution in [3.8, 4) is 5.69 Å². The molecule has 5 heterocycles. The van der Waals surface area contributed by atoms with E-state index in [-0.39, 0.29) is 0 Å². The minimum Gasteiger partial charge on any atom is -0.308 e. The maximum atomic E-state index is 5.12. The maximum Gasteiger partial charge on any atom is 0.149 e. The topological polar surface area (TPSA) is 48.0 Å². The molecular weight excluding hydrogens is 418 g/mol. The van der Waals surface area contributed by atoms with Crippen LogP contribution in [0.5, 0.6) is 0 Å². The molecule has 3 aromatic carbocycles. The molecule has 0 saturated carbocycles. The standard InChI is InChI=1S/C29H17N5/c1-2-7-18(8-3-1)33-24-11-5-4-9-19(24)21-13-12-20-22-10-6-15-31-28(22)34-25-17-30-16-14-23(25)32-29(34)26(20)27(21)33/h1-17H. The third-order valence-electron chi connectivity index (χ3n) is 6.82. The van der Waals surface area contributed by atoms with E-state index in [0.717, 1.165) is 49.7 Å². The van der Waals surface area contributed by atoms with Gasteiger partial charge < -0.3 is 4.57 Å². The van der Waals surface area contributed by atoms with Crippen LogP contribution in [0.4, 0.5) is 0 Å². The van der Waals surface area contributed by atoms with E-state index in [2.05, 4.69) is 86.7 Å². The first-order valence-electron chi connectivity index (χ1n) is 11.3. The van der Waals surface area contributed by atoms with Crippen LogP contribution in [0.2, 0.25) is 0 Å². The van der Waals surface area contributed by atoms with Gasteiger partial charge >= 0.3 is 0 Å². The molecule has 8 rings (SSSR count). The van der Waals surface area contributed by atoms with Crippen LogP contribution >= 0.6 is 0 Å². The Bertz CT molecular complexity index is 2070. The van der Waals surface area contributed by atoms with Crippen molar-refractivity contribution >= 4 is 60.3 Å². The minimum atomic E-state index is 0.891. The molecule has 8 aromatic rings. The van der Waals surface area contributed by atoms with Gasteiger partial charge in [-0.1, -0.05) is 48.5 Å². The van der Waals surface area contributed by atoms with E-state index in [1.165, 1.54) is 16.3 Å². The molecule has 0 fully saturated rings. The molecule has 0 spiro atoms. The van der Waals surface area contributed by atoms with Gasteiger partial charge in [0.1, 0.15) is 11.3 Å². The predicted octanol–water partition coefficient (Wildman–Crippen LogP) is 6.68. The van der Waals surface area contributed by atoms with Crippen LogP contribution in [0, 0.1) is 0 Å². The lowest BCUT2D eigenvalue weighted by Gasteiger charge is -2.12. The van der Waals surface area contributed by atoms with E-state index in [1.807, 2.05) is 24.5 Å². The van der Waals surface area contributed by atoms with Gasteiger partial charge in [0, 0.05) is 34.2 Å². The fourth-order valence-corrected chi connectivity index (χ4v) is 5.44. The number of nitrogens with zero attached hydrogens (tertiary/aromatic N) is 5. The number of pyridine rings is 3. The second kappa shape index (κ2) is 6.39. The van der Waals surface area contributed by atoms with Crippen LogP contribution in [0.15, 0.2) is 104 Å². The molecule has 34 heavy (non-hydrogen) atoms. The number of para-hydroxylation sites is 2. The quantitative estimate of drug-likeness (QED) is 0.270. The van der Waals surface area contributed by atoms with E-state index in [0.29, 0.717) is 0 Å². The molecule has 0 amide bonds. The average molecular weight is 435 g/mol. The van der Waals surface area contributed by atoms with Gasteiger partial charge in [-0.25, -0.2) is 9.97 Å². The molecule has 5 nitrogen and oxygen atoms in total. The fourth-order valence-electron chi connectivity index (χ4n) is 5.44. The molecule has 0 radical (unpaired) electrons. The zero-order valence-electron chi connectivity index (χ0n) is 18.1. The highest BCUT2D eigenvalue weighted by molar-refractivity contribution is 6.26. The number of hydrogen-bond acceptors (Lipinski definition) is 3. The van der Waals surface area contributed by atoms with Gasteiger partial charge in [-0.15, -0.1) is 0 Å². The second-order valence-corrected chi connectivity index (χ2v) is 8.58. The predicted molar refractivity (Wildman–Crippen MR) is 138 cm³/mol. The van der Waals surface area contributed by atoms with Gasteiger partial charge in [-0.05, 0) is 41.8 Å². The zero-order chi connectivity index (χ0) is 22.2. The van der Waals surface area contributed by atoms with Crippen molar-refractivity contribution in [3.63, 3.8) is 0 Å². The van der Waals surface area contributed by atoms with Crippen molar-refractivity contribution in [2.24, 2.45) is 0 Å². The zero-order valence-corrected chi connectivity index (χ0v) is 18.1. The smallest absolute Gasteiger partial charge is 0.149 e. The third-order valence-corrected chi connectivity index (χ3v) is 6.82. The maximum absolute atomic E-state index is 5.12. The Labute approximate surface area is 193 Å². The number of rotatable bonds is 1. The lowest BCUT2D eigenvalue weighted by Crippen LogP contribution is -1.98. The molecule has 5 aromatic heterocycles. The van der Waals surface area contributed by atoms with Crippen molar-refractivity contribution in [1.29, 1.82) is 0 Å². The van der Waals surface area contributed by atoms with Gasteiger partial charge in [-0.3, -0.25) is 9.38 Å². The first kappa shape index (κ1) is 17.7. The number of hydrogen-bond donors (Lipinski definition) is 0. The normalized spacial score (nSPS) is 12.1. The highest BCUT2D eigenvalue weighted by atomic mass is 15.1. The average Bonchev–Trinajstić information content (AvgIpc) is 3.45. The molecule has 0 saturated heterocycles. The monoisotopic (exact) mass is 435 g/mol. The van der Waals surface area contributed by atoms with Crippen LogP contribution in [0.3, 0.4) is 0 Å². The molecule has 0 aliphatic rings. The summed E-state index contributed by atoms with van der Waals surface area (Å²) in [4.78, 5) is 14.3. The van der Waals surface area contributed by atoms with Gasteiger partial charge in [0.05, 0.1) is 33.6 Å². The Morgan fingerprint density at radius 1 is 0.588 bits per heavy atom. The number of aromatic nitrogens is 5. The molecule has 0 aliphatic carbocycles. The molecule has 0 aliphatic heterocycles. The van der Waals surface area contributed by atoms with E-state index >= 15 is 0 Å². The van der Waals surface area contributed by atoms with E-state index in [9.17, 15) is 0 Å². The number of benzene rings is 3. The molecule has 5 heteroatoms. The van der Waals surface area contributed by atoms with Crippen molar-refractivity contribution in [2.45, 2.75) is 0 Å². The highest BCUT2D eigenvalue weighted by Gasteiger charge is 2.21. The summed E-state index contributed by atoms with van der Waals surface area (Å²) in [7, 11) is 0. The van der Waals surface area contributed by atoms with E-state index < -0.39 is 0 Å². The van der Waals surface area contributed by atoms with Crippen molar-refractivity contribution in [1.82, 2.24) is 23.9 Å². The first-order valence-corrected chi connectivity index (χ1v) is 11.3. The van der Waals surface area contributed by atoms with Crippen molar-refractivity contribution in [2.75, 3.05) is 0 Å². The summed E-state index contributed by atoms with van der Waals surface area (Å²) in [6.45, 7) is 0. The molecule has 0 atom stereocenters. The van der Waals surface area contributed by atoms with E-state index in [4.69, 9.17) is 9.97 Å².